The van der Waals surface area contributed by atoms with Crippen molar-refractivity contribution in [1.82, 2.24) is 0 Å². The van der Waals surface area contributed by atoms with Crippen molar-refractivity contribution >= 4 is 12.2 Å². The molecule has 1 aliphatic carbocycles. The van der Waals surface area contributed by atoms with Crippen LogP contribution in [0.15, 0.2) is 23.3 Å². The molecular weight excluding hydrogens is 142 g/mol. The minimum absolute atomic E-state index is 0.420. The molecule has 0 aliphatic heterocycles. The van der Waals surface area contributed by atoms with Gasteiger partial charge in [-0.2, -0.15) is 0 Å². The van der Waals surface area contributed by atoms with Gasteiger partial charge < -0.3 is 5.73 Å². The van der Waals surface area contributed by atoms with Crippen molar-refractivity contribution in [3.63, 3.8) is 0 Å². The lowest BCUT2D eigenvalue weighted by Crippen LogP contribution is -2.17. The molecule has 0 aromatic carbocycles. The molecule has 0 atom stereocenters. The molecule has 0 heterocycles. The zero-order valence-corrected chi connectivity index (χ0v) is 6.04. The van der Waals surface area contributed by atoms with Gasteiger partial charge in [-0.3, -0.25) is 9.59 Å². The fourth-order valence-electron chi connectivity index (χ4n) is 1.06. The molecule has 2 N–H and O–H groups in total. The summed E-state index contributed by atoms with van der Waals surface area (Å²) in [5, 5.41) is 0. The molecule has 58 valence electrons. The lowest BCUT2D eigenvalue weighted by Gasteiger charge is -2.07. The Hall–Kier alpha value is -1.38. The van der Waals surface area contributed by atoms with Gasteiger partial charge in [0.05, 0.1) is 0 Å². The van der Waals surface area contributed by atoms with Gasteiger partial charge in [-0.1, -0.05) is 12.2 Å². The zero-order chi connectivity index (χ0) is 8.27. The van der Waals surface area contributed by atoms with Crippen LogP contribution in [0.25, 0.3) is 0 Å². The van der Waals surface area contributed by atoms with E-state index in [4.69, 9.17) is 5.73 Å². The van der Waals surface area contributed by atoms with Crippen LogP contribution in [0.4, 0.5) is 0 Å². The van der Waals surface area contributed by atoms with E-state index < -0.39 is 5.91 Å². The highest BCUT2D eigenvalue weighted by atomic mass is 16.1. The third kappa shape index (κ3) is 1.55. The van der Waals surface area contributed by atoms with Crippen molar-refractivity contribution < 1.29 is 9.59 Å². The second-order valence-corrected chi connectivity index (χ2v) is 2.36. The number of carbonyl (C=O) groups is 2. The van der Waals surface area contributed by atoms with E-state index in [1.807, 2.05) is 6.08 Å². The fourth-order valence-corrected chi connectivity index (χ4v) is 1.06. The molecular formula is C8H9NO2. The first-order chi connectivity index (χ1) is 5.25. The van der Waals surface area contributed by atoms with Gasteiger partial charge in [0.15, 0.2) is 6.29 Å². The minimum atomic E-state index is -0.489. The van der Waals surface area contributed by atoms with Crippen LogP contribution in [-0.4, -0.2) is 12.2 Å². The highest BCUT2D eigenvalue weighted by molar-refractivity contribution is 5.99. The molecule has 0 aromatic heterocycles. The van der Waals surface area contributed by atoms with Crippen LogP contribution in [0.5, 0.6) is 0 Å². The standard InChI is InChI=1S/C8H9NO2/c9-8(11)7-4-2-1-3-6(7)5-10/h1,3,5H,2,4H2,(H2,9,11). The summed E-state index contributed by atoms with van der Waals surface area (Å²) in [4.78, 5) is 21.1. The predicted octanol–water partition coefficient (Wildman–Crippen LogP) is 0.317. The summed E-state index contributed by atoms with van der Waals surface area (Å²) in [7, 11) is 0. The van der Waals surface area contributed by atoms with Gasteiger partial charge in [0.2, 0.25) is 5.91 Å². The highest BCUT2D eigenvalue weighted by Gasteiger charge is 2.11. The van der Waals surface area contributed by atoms with E-state index in [9.17, 15) is 9.59 Å². The number of hydrogen-bond acceptors (Lipinski definition) is 2. The summed E-state index contributed by atoms with van der Waals surface area (Å²) in [6.45, 7) is 0. The molecule has 0 bridgehead atoms. The molecule has 0 unspecified atom stereocenters. The quantitative estimate of drug-likeness (QED) is 0.577. The van der Waals surface area contributed by atoms with Crippen LogP contribution in [0.3, 0.4) is 0 Å². The van der Waals surface area contributed by atoms with Crippen LogP contribution in [0.2, 0.25) is 0 Å². The van der Waals surface area contributed by atoms with Crippen LogP contribution < -0.4 is 5.73 Å². The van der Waals surface area contributed by atoms with Crippen LogP contribution in [0.1, 0.15) is 12.8 Å². The molecule has 0 fully saturated rings. The normalized spacial score (nSPS) is 16.7. The number of amides is 1. The zero-order valence-electron chi connectivity index (χ0n) is 6.04. The Kier molecular flexibility index (Phi) is 2.21. The molecule has 1 amide bonds. The van der Waals surface area contributed by atoms with Crippen LogP contribution in [-0.2, 0) is 9.59 Å². The summed E-state index contributed by atoms with van der Waals surface area (Å²) >= 11 is 0. The highest BCUT2D eigenvalue weighted by Crippen LogP contribution is 2.16. The second-order valence-electron chi connectivity index (χ2n) is 2.36. The molecule has 0 radical (unpaired) electrons. The fraction of sp³-hybridized carbons (Fsp3) is 0.250. The van der Waals surface area contributed by atoms with E-state index in [0.717, 1.165) is 6.42 Å². The number of nitrogens with two attached hydrogens (primary N) is 1. The Labute approximate surface area is 64.6 Å². The smallest absolute Gasteiger partial charge is 0.245 e. The van der Waals surface area contributed by atoms with E-state index in [1.165, 1.54) is 0 Å². The van der Waals surface area contributed by atoms with Gasteiger partial charge in [0.25, 0.3) is 0 Å². The monoisotopic (exact) mass is 151 g/mol. The maximum Gasteiger partial charge on any atom is 0.245 e. The largest absolute Gasteiger partial charge is 0.366 e. The molecule has 3 heteroatoms. The third-order valence-corrected chi connectivity index (χ3v) is 1.63. The molecule has 0 spiro atoms. The summed E-state index contributed by atoms with van der Waals surface area (Å²) in [6, 6.07) is 0. The lowest BCUT2D eigenvalue weighted by atomic mass is 9.98. The van der Waals surface area contributed by atoms with Gasteiger partial charge in [0, 0.05) is 11.1 Å². The predicted molar refractivity (Wildman–Crippen MR) is 40.7 cm³/mol. The summed E-state index contributed by atoms with van der Waals surface area (Å²) in [5.41, 5.74) is 5.91. The minimum Gasteiger partial charge on any atom is -0.366 e. The molecule has 1 aliphatic rings. The number of rotatable bonds is 2. The third-order valence-electron chi connectivity index (χ3n) is 1.63. The Morgan fingerprint density at radius 2 is 2.36 bits per heavy atom. The number of hydrogen-bond donors (Lipinski definition) is 1. The van der Waals surface area contributed by atoms with Gasteiger partial charge >= 0.3 is 0 Å². The maximum atomic E-state index is 10.7. The topological polar surface area (TPSA) is 60.2 Å². The van der Waals surface area contributed by atoms with E-state index in [-0.39, 0.29) is 0 Å². The van der Waals surface area contributed by atoms with Crippen molar-refractivity contribution in [2.45, 2.75) is 12.8 Å². The van der Waals surface area contributed by atoms with E-state index >= 15 is 0 Å². The lowest BCUT2D eigenvalue weighted by molar-refractivity contribution is -0.115. The number of primary amides is 1. The first-order valence-electron chi connectivity index (χ1n) is 3.40. The van der Waals surface area contributed by atoms with Crippen LogP contribution in [0, 0.1) is 0 Å². The van der Waals surface area contributed by atoms with Crippen molar-refractivity contribution in [3.8, 4) is 0 Å². The van der Waals surface area contributed by atoms with Crippen LogP contribution >= 0.6 is 0 Å². The summed E-state index contributed by atoms with van der Waals surface area (Å²) in [5.74, 6) is -0.489. The Bertz CT molecular complexity index is 251. The van der Waals surface area contributed by atoms with Crippen molar-refractivity contribution in [3.05, 3.63) is 23.3 Å². The molecule has 0 aromatic rings. The molecule has 3 nitrogen and oxygen atoms in total. The Balaban J connectivity index is 3.00. The maximum absolute atomic E-state index is 10.7. The van der Waals surface area contributed by atoms with Crippen molar-refractivity contribution in [2.24, 2.45) is 5.73 Å². The van der Waals surface area contributed by atoms with Gasteiger partial charge in [0.1, 0.15) is 0 Å². The average molecular weight is 151 g/mol. The average Bonchev–Trinajstić information content (AvgIpc) is 2.04. The van der Waals surface area contributed by atoms with E-state index in [1.54, 1.807) is 6.08 Å². The molecule has 0 saturated carbocycles. The summed E-state index contributed by atoms with van der Waals surface area (Å²) < 4.78 is 0. The van der Waals surface area contributed by atoms with Gasteiger partial charge in [-0.25, -0.2) is 0 Å². The van der Waals surface area contributed by atoms with Crippen molar-refractivity contribution in [1.29, 1.82) is 0 Å². The summed E-state index contributed by atoms with van der Waals surface area (Å²) in [6.07, 6.45) is 5.53. The number of carbonyl (C=O) groups excluding carboxylic acids is 2. The van der Waals surface area contributed by atoms with Gasteiger partial charge in [-0.15, -0.1) is 0 Å². The molecule has 11 heavy (non-hydrogen) atoms. The molecule has 0 saturated heterocycles. The molecule has 1 rings (SSSR count). The van der Waals surface area contributed by atoms with Gasteiger partial charge in [-0.05, 0) is 12.8 Å². The first-order valence-corrected chi connectivity index (χ1v) is 3.40. The number of aldehydes is 1. The van der Waals surface area contributed by atoms with E-state index in [0.29, 0.717) is 23.9 Å². The Morgan fingerprint density at radius 1 is 1.64 bits per heavy atom. The van der Waals surface area contributed by atoms with E-state index in [2.05, 4.69) is 0 Å². The second kappa shape index (κ2) is 3.14. The first kappa shape index (κ1) is 7.72. The Morgan fingerprint density at radius 3 is 2.82 bits per heavy atom. The SMILES string of the molecule is NC(=O)C1=C(C=O)C=CCC1. The van der Waals surface area contributed by atoms with Crippen molar-refractivity contribution in [2.75, 3.05) is 0 Å². The number of allylic oxidation sites excluding steroid dienone is 3.